The van der Waals surface area contributed by atoms with E-state index in [-0.39, 0.29) is 35.7 Å². The van der Waals surface area contributed by atoms with E-state index in [1.54, 1.807) is 9.80 Å². The first-order valence-electron chi connectivity index (χ1n) is 19.9. The van der Waals surface area contributed by atoms with Gasteiger partial charge in [-0.2, -0.15) is 0 Å². The van der Waals surface area contributed by atoms with Gasteiger partial charge in [0, 0.05) is 29.8 Å². The number of methoxy groups -OCH3 is 2. The fraction of sp³-hybridized carbons (Fsp3) is 0.409. The van der Waals surface area contributed by atoms with Crippen molar-refractivity contribution >= 4 is 45.8 Å². The van der Waals surface area contributed by atoms with Crippen LogP contribution >= 0.6 is 0 Å². The molecule has 2 aliphatic heterocycles. The molecule has 4 heterocycles. The average Bonchev–Trinajstić information content (AvgIpc) is 4.06. The van der Waals surface area contributed by atoms with E-state index in [2.05, 4.69) is 44.6 Å². The van der Waals surface area contributed by atoms with Crippen LogP contribution in [0.4, 0.5) is 9.59 Å². The Balaban J connectivity index is 1.11. The largest absolute Gasteiger partial charge is 0.453 e. The minimum absolute atomic E-state index is 0.120. The molecule has 4 atom stereocenters. The van der Waals surface area contributed by atoms with Crippen molar-refractivity contribution in [1.29, 1.82) is 0 Å². The fourth-order valence-corrected chi connectivity index (χ4v) is 8.09. The maximum Gasteiger partial charge on any atom is 0.407 e. The monoisotopic (exact) mass is 786 g/mol. The number of amides is 4. The summed E-state index contributed by atoms with van der Waals surface area (Å²) in [5.74, 6) is 7.60. The number of fused-ring (bicyclic) bond motifs is 2. The molecule has 3 aromatic carbocycles. The van der Waals surface area contributed by atoms with Gasteiger partial charge in [-0.15, -0.1) is 0 Å². The van der Waals surface area contributed by atoms with Gasteiger partial charge in [-0.1, -0.05) is 69.9 Å². The van der Waals surface area contributed by atoms with Crippen LogP contribution in [0, 0.1) is 23.7 Å². The molecule has 0 saturated carbocycles. The van der Waals surface area contributed by atoms with Crippen molar-refractivity contribution < 1.29 is 28.7 Å². The van der Waals surface area contributed by atoms with Gasteiger partial charge in [-0.25, -0.2) is 19.6 Å². The van der Waals surface area contributed by atoms with E-state index >= 15 is 0 Å². The maximum atomic E-state index is 13.7. The molecule has 14 nitrogen and oxygen atoms in total. The first-order chi connectivity index (χ1) is 28.0. The van der Waals surface area contributed by atoms with Crippen LogP contribution in [0.1, 0.15) is 88.2 Å². The second-order valence-corrected chi connectivity index (χ2v) is 15.6. The quantitative estimate of drug-likeness (QED) is 0.121. The molecule has 4 N–H and O–H groups in total. The second-order valence-electron chi connectivity index (χ2n) is 15.6. The van der Waals surface area contributed by atoms with Crippen LogP contribution in [0.3, 0.4) is 0 Å². The van der Waals surface area contributed by atoms with E-state index in [0.717, 1.165) is 69.9 Å². The highest BCUT2D eigenvalue weighted by atomic mass is 16.5. The summed E-state index contributed by atoms with van der Waals surface area (Å²) in [6, 6.07) is 16.1. The minimum atomic E-state index is -0.707. The predicted octanol–water partition coefficient (Wildman–Crippen LogP) is 6.59. The highest BCUT2D eigenvalue weighted by molar-refractivity contribution is 5.99. The maximum absolute atomic E-state index is 13.7. The van der Waals surface area contributed by atoms with E-state index in [1.807, 2.05) is 76.4 Å². The van der Waals surface area contributed by atoms with Crippen molar-refractivity contribution in [3.05, 3.63) is 83.6 Å². The lowest BCUT2D eigenvalue weighted by Crippen LogP contribution is -2.51. The van der Waals surface area contributed by atoms with Crippen LogP contribution in [0.2, 0.25) is 0 Å². The molecule has 14 heteroatoms. The van der Waals surface area contributed by atoms with Gasteiger partial charge in [0.25, 0.3) is 0 Å². The van der Waals surface area contributed by atoms with Gasteiger partial charge in [0.05, 0.1) is 49.2 Å². The molecule has 2 aliphatic rings. The summed E-state index contributed by atoms with van der Waals surface area (Å²) in [6.45, 7) is 8.74. The van der Waals surface area contributed by atoms with Crippen molar-refractivity contribution in [2.24, 2.45) is 11.8 Å². The third-order valence-corrected chi connectivity index (χ3v) is 11.1. The van der Waals surface area contributed by atoms with Crippen LogP contribution in [-0.4, -0.2) is 93.1 Å². The highest BCUT2D eigenvalue weighted by Gasteiger charge is 2.39. The molecule has 0 unspecified atom stereocenters. The number of H-pyrrole nitrogens is 2. The van der Waals surface area contributed by atoms with Crippen molar-refractivity contribution in [3.63, 3.8) is 0 Å². The number of aromatic nitrogens is 4. The SMILES string of the molecule is COC(=O)N[C@H](C(=O)N1CCC[C@H]1c1ncc(-c2cccc3c(C#Cc4ccc5nc([C@@H]6CCCN6C(=O)[C@@H](NC(=O)OC)C(C)C)[nH]c5c4)cccc23)[nH]1)C(C)C. The van der Waals surface area contributed by atoms with Gasteiger partial charge in [-0.05, 0) is 72.6 Å². The van der Waals surface area contributed by atoms with Gasteiger partial charge in [0.1, 0.15) is 23.7 Å². The molecule has 0 bridgehead atoms. The normalized spacial score (nSPS) is 17.7. The minimum Gasteiger partial charge on any atom is -0.453 e. The molecule has 0 radical (unpaired) electrons. The van der Waals surface area contributed by atoms with Gasteiger partial charge in [0.2, 0.25) is 11.8 Å². The summed E-state index contributed by atoms with van der Waals surface area (Å²) in [5, 5.41) is 7.41. The molecule has 7 rings (SSSR count). The standard InChI is InChI=1S/C44H50N8O6/c1-25(2)37(49-43(55)57-5)41(53)51-21-9-15-35(51)39-45-24-34(48-39)31-14-8-12-29-28(11-7-13-30(29)31)19-17-27-18-20-32-33(23-27)47-40(46-32)36-16-10-22-52(36)42(54)38(26(3)4)50-44(56)58-6/h7-8,11-14,18,20,23-26,35-38H,9-10,15-16,21-22H2,1-6H3,(H,45,48)(H,46,47)(H,49,55)(H,50,56)/t35-,36-,37-,38-/m0/s1. The number of ether oxygens (including phenoxy) is 2. The molecule has 58 heavy (non-hydrogen) atoms. The van der Waals surface area contributed by atoms with Gasteiger partial charge >= 0.3 is 12.2 Å². The number of likely N-dealkylation sites (tertiary alicyclic amines) is 2. The number of rotatable bonds is 9. The summed E-state index contributed by atoms with van der Waals surface area (Å²) < 4.78 is 9.55. The number of hydrogen-bond donors (Lipinski definition) is 4. The van der Waals surface area contributed by atoms with E-state index in [1.165, 1.54) is 14.2 Å². The Kier molecular flexibility index (Phi) is 11.7. The molecule has 2 aromatic heterocycles. The Labute approximate surface area is 337 Å². The molecular formula is C44H50N8O6. The molecule has 2 fully saturated rings. The zero-order valence-electron chi connectivity index (χ0n) is 33.7. The third-order valence-electron chi connectivity index (χ3n) is 11.1. The third kappa shape index (κ3) is 8.07. The molecule has 0 aliphatic carbocycles. The molecular weight excluding hydrogens is 737 g/mol. The van der Waals surface area contributed by atoms with Crippen molar-refractivity contribution in [1.82, 2.24) is 40.4 Å². The predicted molar refractivity (Wildman–Crippen MR) is 219 cm³/mol. The number of carbonyl (C=O) groups is 4. The van der Waals surface area contributed by atoms with Crippen LogP contribution in [0.15, 0.2) is 60.8 Å². The van der Waals surface area contributed by atoms with Crippen LogP contribution < -0.4 is 10.6 Å². The Bertz CT molecular complexity index is 2410. The summed E-state index contributed by atoms with van der Waals surface area (Å²) in [7, 11) is 2.57. The second kappa shape index (κ2) is 17.0. The summed E-state index contributed by atoms with van der Waals surface area (Å²) in [4.78, 5) is 71.5. The fourth-order valence-electron chi connectivity index (χ4n) is 8.09. The first kappa shape index (κ1) is 39.9. The molecule has 4 amide bonds. The molecule has 2 saturated heterocycles. The summed E-state index contributed by atoms with van der Waals surface area (Å²) >= 11 is 0. The summed E-state index contributed by atoms with van der Waals surface area (Å²) in [6.07, 6.45) is 3.73. The van der Waals surface area contributed by atoms with E-state index in [0.29, 0.717) is 24.7 Å². The van der Waals surface area contributed by atoms with Crippen molar-refractivity contribution in [2.45, 2.75) is 77.5 Å². The van der Waals surface area contributed by atoms with Crippen LogP contribution in [-0.2, 0) is 19.1 Å². The van der Waals surface area contributed by atoms with Gasteiger partial charge in [-0.3, -0.25) is 9.59 Å². The lowest BCUT2D eigenvalue weighted by atomic mass is 9.98. The Morgan fingerprint density at radius 1 is 0.759 bits per heavy atom. The molecule has 0 spiro atoms. The lowest BCUT2D eigenvalue weighted by Gasteiger charge is -2.30. The number of hydrogen-bond acceptors (Lipinski definition) is 8. The molecule has 5 aromatic rings. The van der Waals surface area contributed by atoms with E-state index in [4.69, 9.17) is 19.4 Å². The number of imidazole rings is 2. The Hall–Kier alpha value is -6.36. The molecule has 302 valence electrons. The number of nitrogens with one attached hydrogen (secondary N) is 4. The van der Waals surface area contributed by atoms with E-state index < -0.39 is 24.3 Å². The highest BCUT2D eigenvalue weighted by Crippen LogP contribution is 2.36. The zero-order chi connectivity index (χ0) is 41.1. The average molecular weight is 787 g/mol. The van der Waals surface area contributed by atoms with Gasteiger partial charge in [0.15, 0.2) is 0 Å². The lowest BCUT2D eigenvalue weighted by molar-refractivity contribution is -0.136. The van der Waals surface area contributed by atoms with Gasteiger partial charge < -0.3 is 39.9 Å². The van der Waals surface area contributed by atoms with Crippen molar-refractivity contribution in [2.75, 3.05) is 27.3 Å². The van der Waals surface area contributed by atoms with Crippen molar-refractivity contribution in [3.8, 4) is 23.1 Å². The smallest absolute Gasteiger partial charge is 0.407 e. The number of carbonyl (C=O) groups excluding carboxylic acids is 4. The van der Waals surface area contributed by atoms with Crippen LogP contribution in [0.5, 0.6) is 0 Å². The Morgan fingerprint density at radius 3 is 1.98 bits per heavy atom. The van der Waals surface area contributed by atoms with E-state index in [9.17, 15) is 19.2 Å². The number of aromatic amines is 2. The number of nitrogens with zero attached hydrogens (tertiary/aromatic N) is 4. The number of alkyl carbamates (subject to hydrolysis) is 2. The number of benzene rings is 3. The summed E-state index contributed by atoms with van der Waals surface area (Å²) in [5.41, 5.74) is 5.09. The Morgan fingerprint density at radius 2 is 1.36 bits per heavy atom. The van der Waals surface area contributed by atoms with Crippen LogP contribution in [0.25, 0.3) is 33.1 Å². The first-order valence-corrected chi connectivity index (χ1v) is 19.9. The zero-order valence-corrected chi connectivity index (χ0v) is 33.7. The topological polar surface area (TPSA) is 175 Å².